The summed E-state index contributed by atoms with van der Waals surface area (Å²) >= 11 is 0. The molecule has 1 N–H and O–H groups in total. The van der Waals surface area contributed by atoms with Gasteiger partial charge in [-0.2, -0.15) is 0 Å². The van der Waals surface area contributed by atoms with Crippen LogP contribution >= 0.6 is 0 Å². The van der Waals surface area contributed by atoms with Crippen LogP contribution in [0.25, 0.3) is 0 Å². The molecule has 1 aromatic rings. The lowest BCUT2D eigenvalue weighted by molar-refractivity contribution is -0.154. The number of fused-ring (bicyclic) bond motifs is 1. The van der Waals surface area contributed by atoms with E-state index in [4.69, 9.17) is 9.47 Å². The van der Waals surface area contributed by atoms with Gasteiger partial charge in [-0.25, -0.2) is 0 Å². The molecule has 7 heteroatoms. The Kier molecular flexibility index (Phi) is 5.75. The summed E-state index contributed by atoms with van der Waals surface area (Å²) in [6, 6.07) is 7.37. The van der Waals surface area contributed by atoms with Crippen molar-refractivity contribution in [2.75, 3.05) is 18.1 Å². The van der Waals surface area contributed by atoms with E-state index in [0.717, 1.165) is 25.7 Å². The van der Waals surface area contributed by atoms with Crippen molar-refractivity contribution in [3.05, 3.63) is 24.3 Å². The van der Waals surface area contributed by atoms with Gasteiger partial charge in [-0.15, -0.1) is 0 Å². The van der Waals surface area contributed by atoms with E-state index in [9.17, 15) is 14.4 Å². The molecule has 0 radical (unpaired) electrons. The Balaban J connectivity index is 1.49. The van der Waals surface area contributed by atoms with Crippen LogP contribution in [0.15, 0.2) is 24.3 Å². The number of para-hydroxylation sites is 2. The van der Waals surface area contributed by atoms with Crippen LogP contribution in [-0.2, 0) is 19.1 Å². The fraction of sp³-hybridized carbons (Fsp3) is 0.526. The SMILES string of the molecule is C[C@H](OC(=O)CCN1C(=O)COc2ccccc21)C(=O)NC1CCCC1. The first-order chi connectivity index (χ1) is 12.5. The zero-order valence-electron chi connectivity index (χ0n) is 14.9. The second kappa shape index (κ2) is 8.21. The van der Waals surface area contributed by atoms with Gasteiger partial charge in [-0.3, -0.25) is 14.4 Å². The van der Waals surface area contributed by atoms with E-state index in [-0.39, 0.29) is 37.4 Å². The average molecular weight is 360 g/mol. The maximum Gasteiger partial charge on any atom is 0.308 e. The van der Waals surface area contributed by atoms with E-state index in [0.29, 0.717) is 11.4 Å². The number of rotatable bonds is 6. The van der Waals surface area contributed by atoms with Gasteiger partial charge in [0.15, 0.2) is 12.7 Å². The molecule has 0 unspecified atom stereocenters. The molecule has 2 aliphatic rings. The van der Waals surface area contributed by atoms with Gasteiger partial charge in [-0.05, 0) is 31.9 Å². The molecule has 1 aliphatic heterocycles. The summed E-state index contributed by atoms with van der Waals surface area (Å²) in [4.78, 5) is 37.8. The molecule has 3 rings (SSSR count). The lowest BCUT2D eigenvalue weighted by Gasteiger charge is -2.29. The summed E-state index contributed by atoms with van der Waals surface area (Å²) in [6.45, 7) is 1.71. The van der Waals surface area contributed by atoms with E-state index in [1.165, 1.54) is 4.90 Å². The second-order valence-electron chi connectivity index (χ2n) is 6.67. The zero-order valence-corrected chi connectivity index (χ0v) is 14.9. The number of anilines is 1. The summed E-state index contributed by atoms with van der Waals surface area (Å²) in [5, 5.41) is 2.91. The molecule has 1 aromatic carbocycles. The Morgan fingerprint density at radius 1 is 1.31 bits per heavy atom. The third kappa shape index (κ3) is 4.33. The highest BCUT2D eigenvalue weighted by Crippen LogP contribution is 2.31. The van der Waals surface area contributed by atoms with Gasteiger partial charge < -0.3 is 19.7 Å². The zero-order chi connectivity index (χ0) is 18.5. The average Bonchev–Trinajstić information content (AvgIpc) is 3.13. The summed E-state index contributed by atoms with van der Waals surface area (Å²) < 4.78 is 10.6. The first-order valence-electron chi connectivity index (χ1n) is 9.06. The normalized spacial score (nSPS) is 18.0. The van der Waals surface area contributed by atoms with Crippen LogP contribution in [0, 0.1) is 0 Å². The molecule has 2 amide bonds. The molecule has 0 spiro atoms. The predicted octanol–water partition coefficient (Wildman–Crippen LogP) is 1.79. The summed E-state index contributed by atoms with van der Waals surface area (Å²) in [6.07, 6.45) is 3.37. The van der Waals surface area contributed by atoms with Gasteiger partial charge >= 0.3 is 5.97 Å². The van der Waals surface area contributed by atoms with Crippen molar-refractivity contribution in [3.63, 3.8) is 0 Å². The molecule has 0 saturated heterocycles. The van der Waals surface area contributed by atoms with Gasteiger partial charge in [0.1, 0.15) is 5.75 Å². The van der Waals surface area contributed by atoms with Crippen LogP contribution in [0.5, 0.6) is 5.75 Å². The minimum Gasteiger partial charge on any atom is -0.482 e. The van der Waals surface area contributed by atoms with Crippen molar-refractivity contribution in [2.45, 2.75) is 51.2 Å². The largest absolute Gasteiger partial charge is 0.482 e. The van der Waals surface area contributed by atoms with Crippen LogP contribution < -0.4 is 15.0 Å². The highest BCUT2D eigenvalue weighted by atomic mass is 16.5. The van der Waals surface area contributed by atoms with Crippen LogP contribution in [0.4, 0.5) is 5.69 Å². The molecule has 1 saturated carbocycles. The lowest BCUT2D eigenvalue weighted by atomic mass is 10.2. The number of nitrogens with one attached hydrogen (secondary N) is 1. The maximum atomic E-state index is 12.1. The van der Waals surface area contributed by atoms with E-state index in [2.05, 4.69) is 5.32 Å². The molecular formula is C19H24N2O5. The Morgan fingerprint density at radius 2 is 2.04 bits per heavy atom. The lowest BCUT2D eigenvalue weighted by Crippen LogP contribution is -2.42. The fourth-order valence-electron chi connectivity index (χ4n) is 3.30. The van der Waals surface area contributed by atoms with E-state index in [1.807, 2.05) is 12.1 Å². The third-order valence-electron chi connectivity index (χ3n) is 4.73. The van der Waals surface area contributed by atoms with Crippen molar-refractivity contribution in [3.8, 4) is 5.75 Å². The maximum absolute atomic E-state index is 12.1. The second-order valence-corrected chi connectivity index (χ2v) is 6.67. The van der Waals surface area contributed by atoms with Crippen molar-refractivity contribution >= 4 is 23.5 Å². The molecule has 1 heterocycles. The standard InChI is InChI=1S/C19H24N2O5/c1-13(19(24)20-14-6-2-3-7-14)26-18(23)10-11-21-15-8-4-5-9-16(15)25-12-17(21)22/h4-5,8-9,13-14H,2-3,6-7,10-12H2,1H3,(H,20,24)/t13-/m0/s1. The number of carbonyl (C=O) groups is 3. The molecule has 140 valence electrons. The van der Waals surface area contributed by atoms with Crippen molar-refractivity contribution in [1.29, 1.82) is 0 Å². The summed E-state index contributed by atoms with van der Waals surface area (Å²) in [5.74, 6) is -0.359. The van der Waals surface area contributed by atoms with Gasteiger partial charge in [0.05, 0.1) is 12.1 Å². The Labute approximate surface area is 152 Å². The van der Waals surface area contributed by atoms with Crippen LogP contribution in [0.2, 0.25) is 0 Å². The third-order valence-corrected chi connectivity index (χ3v) is 4.73. The Bertz CT molecular complexity index is 684. The van der Waals surface area contributed by atoms with Crippen molar-refractivity contribution in [1.82, 2.24) is 5.32 Å². The molecule has 0 bridgehead atoms. The molecule has 26 heavy (non-hydrogen) atoms. The Morgan fingerprint density at radius 3 is 2.81 bits per heavy atom. The molecule has 7 nitrogen and oxygen atoms in total. The minimum absolute atomic E-state index is 0.0150. The van der Waals surface area contributed by atoms with Crippen molar-refractivity contribution < 1.29 is 23.9 Å². The predicted molar refractivity (Wildman–Crippen MR) is 94.9 cm³/mol. The quantitative estimate of drug-likeness (QED) is 0.782. The topological polar surface area (TPSA) is 84.9 Å². The molecule has 1 fully saturated rings. The number of hydrogen-bond acceptors (Lipinski definition) is 5. The molecule has 1 aliphatic carbocycles. The first-order valence-corrected chi connectivity index (χ1v) is 9.06. The van der Waals surface area contributed by atoms with Gasteiger partial charge in [-0.1, -0.05) is 25.0 Å². The number of esters is 1. The van der Waals surface area contributed by atoms with Crippen LogP contribution in [0.3, 0.4) is 0 Å². The highest BCUT2D eigenvalue weighted by molar-refractivity contribution is 5.98. The van der Waals surface area contributed by atoms with Gasteiger partial charge in [0, 0.05) is 12.6 Å². The molecule has 1 atom stereocenters. The first kappa shape index (κ1) is 18.2. The molecular weight excluding hydrogens is 336 g/mol. The Hall–Kier alpha value is -2.57. The fourth-order valence-corrected chi connectivity index (χ4v) is 3.30. The number of amides is 2. The number of nitrogens with zero attached hydrogens (tertiary/aromatic N) is 1. The monoisotopic (exact) mass is 360 g/mol. The highest BCUT2D eigenvalue weighted by Gasteiger charge is 2.27. The number of carbonyl (C=O) groups excluding carboxylic acids is 3. The van der Waals surface area contributed by atoms with Crippen molar-refractivity contribution in [2.24, 2.45) is 0 Å². The molecule has 0 aromatic heterocycles. The van der Waals surface area contributed by atoms with Gasteiger partial charge in [0.25, 0.3) is 11.8 Å². The van der Waals surface area contributed by atoms with E-state index in [1.54, 1.807) is 19.1 Å². The van der Waals surface area contributed by atoms with Gasteiger partial charge in [0.2, 0.25) is 0 Å². The van der Waals surface area contributed by atoms with Crippen LogP contribution in [0.1, 0.15) is 39.0 Å². The summed E-state index contributed by atoms with van der Waals surface area (Å²) in [5.41, 5.74) is 0.642. The van der Waals surface area contributed by atoms with E-state index >= 15 is 0 Å². The smallest absolute Gasteiger partial charge is 0.308 e. The number of ether oxygens (including phenoxy) is 2. The van der Waals surface area contributed by atoms with Crippen LogP contribution in [-0.4, -0.2) is 43.1 Å². The minimum atomic E-state index is -0.837. The summed E-state index contributed by atoms with van der Waals surface area (Å²) in [7, 11) is 0. The van der Waals surface area contributed by atoms with E-state index < -0.39 is 12.1 Å². The number of benzene rings is 1. The number of hydrogen-bond donors (Lipinski definition) is 1.